The second-order valence-electron chi connectivity index (χ2n) is 5.05. The van der Waals surface area contributed by atoms with Gasteiger partial charge in [-0.3, -0.25) is 4.79 Å². The van der Waals surface area contributed by atoms with E-state index in [1.165, 1.54) is 6.42 Å². The molecule has 2 fully saturated rings. The minimum absolute atomic E-state index is 0.164. The van der Waals surface area contributed by atoms with E-state index in [0.717, 1.165) is 51.6 Å². The van der Waals surface area contributed by atoms with Crippen molar-refractivity contribution >= 4 is 5.91 Å². The van der Waals surface area contributed by atoms with Crippen LogP contribution in [0.2, 0.25) is 0 Å². The molecule has 0 aromatic rings. The topological polar surface area (TPSA) is 40.5 Å². The molecule has 0 spiro atoms. The number of carbonyl (C=O) groups is 1. The van der Waals surface area contributed by atoms with Gasteiger partial charge in [-0.25, -0.2) is 0 Å². The van der Waals surface area contributed by atoms with Gasteiger partial charge in [-0.1, -0.05) is 19.3 Å². The molecule has 3 heteroatoms. The van der Waals surface area contributed by atoms with Crippen molar-refractivity contribution in [2.75, 3.05) is 13.1 Å². The average Bonchev–Trinajstić information content (AvgIpc) is 2.70. The van der Waals surface area contributed by atoms with Crippen LogP contribution in [0.25, 0.3) is 0 Å². The lowest BCUT2D eigenvalue weighted by Gasteiger charge is -2.32. The van der Waals surface area contributed by atoms with E-state index in [4.69, 9.17) is 0 Å². The number of carbonyl (C=O) groups excluding carboxylic acids is 1. The fourth-order valence-corrected chi connectivity index (χ4v) is 2.75. The van der Waals surface area contributed by atoms with Gasteiger partial charge >= 0.3 is 0 Å². The number of aliphatic hydroxyl groups is 1. The lowest BCUT2D eigenvalue weighted by Crippen LogP contribution is -2.39. The highest BCUT2D eigenvalue weighted by molar-refractivity contribution is 5.77. The number of rotatable bonds is 2. The van der Waals surface area contributed by atoms with Crippen molar-refractivity contribution in [3.05, 3.63) is 0 Å². The molecule has 15 heavy (non-hydrogen) atoms. The lowest BCUT2D eigenvalue weighted by molar-refractivity contribution is -0.136. The van der Waals surface area contributed by atoms with Gasteiger partial charge in [0.25, 0.3) is 0 Å². The van der Waals surface area contributed by atoms with Gasteiger partial charge in [-0.2, -0.15) is 0 Å². The maximum absolute atomic E-state index is 11.9. The van der Waals surface area contributed by atoms with Crippen LogP contribution in [0, 0.1) is 0 Å². The van der Waals surface area contributed by atoms with Gasteiger partial charge in [0.15, 0.2) is 0 Å². The summed E-state index contributed by atoms with van der Waals surface area (Å²) in [6, 6.07) is 0. The molecule has 0 radical (unpaired) electrons. The number of hydrogen-bond acceptors (Lipinski definition) is 2. The van der Waals surface area contributed by atoms with Crippen LogP contribution in [-0.4, -0.2) is 34.6 Å². The van der Waals surface area contributed by atoms with E-state index in [1.807, 2.05) is 4.90 Å². The Hall–Kier alpha value is -0.570. The van der Waals surface area contributed by atoms with E-state index in [0.29, 0.717) is 6.42 Å². The molecule has 1 heterocycles. The highest BCUT2D eigenvalue weighted by Gasteiger charge is 2.33. The molecule has 2 aliphatic rings. The summed E-state index contributed by atoms with van der Waals surface area (Å²) in [5.41, 5.74) is -0.683. The Labute approximate surface area is 91.5 Å². The molecule has 1 amide bonds. The molecule has 1 saturated carbocycles. The van der Waals surface area contributed by atoms with Crippen LogP contribution in [0.1, 0.15) is 51.4 Å². The molecule has 0 bridgehead atoms. The molecule has 0 unspecified atom stereocenters. The Balaban J connectivity index is 1.86. The molecule has 3 nitrogen and oxygen atoms in total. The largest absolute Gasteiger partial charge is 0.389 e. The van der Waals surface area contributed by atoms with E-state index in [9.17, 15) is 9.90 Å². The van der Waals surface area contributed by atoms with Gasteiger partial charge in [-0.15, -0.1) is 0 Å². The van der Waals surface area contributed by atoms with E-state index in [1.54, 1.807) is 0 Å². The first-order chi connectivity index (χ1) is 7.20. The summed E-state index contributed by atoms with van der Waals surface area (Å²) in [4.78, 5) is 13.8. The van der Waals surface area contributed by atoms with Gasteiger partial charge in [0.1, 0.15) is 0 Å². The zero-order valence-corrected chi connectivity index (χ0v) is 9.37. The standard InChI is InChI=1S/C12H21NO2/c14-11(13-8-4-5-9-13)10-12(15)6-2-1-3-7-12/h15H,1-10H2. The Bertz CT molecular complexity index is 228. The molecule has 0 aromatic heterocycles. The monoisotopic (exact) mass is 211 g/mol. The summed E-state index contributed by atoms with van der Waals surface area (Å²) >= 11 is 0. The van der Waals surface area contributed by atoms with Gasteiger partial charge < -0.3 is 10.0 Å². The highest BCUT2D eigenvalue weighted by atomic mass is 16.3. The summed E-state index contributed by atoms with van der Waals surface area (Å²) in [5, 5.41) is 10.3. The second-order valence-corrected chi connectivity index (χ2v) is 5.05. The van der Waals surface area contributed by atoms with Gasteiger partial charge in [0.05, 0.1) is 12.0 Å². The summed E-state index contributed by atoms with van der Waals surface area (Å²) in [6.45, 7) is 1.80. The third-order valence-electron chi connectivity index (χ3n) is 3.72. The Morgan fingerprint density at radius 2 is 1.67 bits per heavy atom. The second kappa shape index (κ2) is 4.52. The minimum atomic E-state index is -0.683. The van der Waals surface area contributed by atoms with Gasteiger partial charge in [0, 0.05) is 13.1 Å². The third kappa shape index (κ3) is 2.71. The van der Waals surface area contributed by atoms with E-state index in [2.05, 4.69) is 0 Å². The first-order valence-corrected chi connectivity index (χ1v) is 6.20. The van der Waals surface area contributed by atoms with Crippen molar-refractivity contribution < 1.29 is 9.90 Å². The molecule has 1 aliphatic carbocycles. The molecular formula is C12H21NO2. The Morgan fingerprint density at radius 1 is 1.07 bits per heavy atom. The number of likely N-dealkylation sites (tertiary alicyclic amines) is 1. The smallest absolute Gasteiger partial charge is 0.225 e. The SMILES string of the molecule is O=C(CC1(O)CCCCC1)N1CCCC1. The number of hydrogen-bond donors (Lipinski definition) is 1. The average molecular weight is 211 g/mol. The zero-order chi connectivity index (χ0) is 10.7. The predicted molar refractivity (Wildman–Crippen MR) is 58.5 cm³/mol. The van der Waals surface area contributed by atoms with Crippen LogP contribution in [0.5, 0.6) is 0 Å². The summed E-state index contributed by atoms with van der Waals surface area (Å²) < 4.78 is 0. The summed E-state index contributed by atoms with van der Waals surface area (Å²) in [6.07, 6.45) is 7.59. The number of amides is 1. The van der Waals surface area contributed by atoms with Gasteiger partial charge in [0.2, 0.25) is 5.91 Å². The Morgan fingerprint density at radius 3 is 2.27 bits per heavy atom. The normalized spacial score (nSPS) is 25.5. The van der Waals surface area contributed by atoms with Crippen molar-refractivity contribution in [3.8, 4) is 0 Å². The fourth-order valence-electron chi connectivity index (χ4n) is 2.75. The number of nitrogens with zero attached hydrogens (tertiary/aromatic N) is 1. The van der Waals surface area contributed by atoms with Crippen LogP contribution in [0.3, 0.4) is 0 Å². The maximum Gasteiger partial charge on any atom is 0.225 e. The molecule has 86 valence electrons. The van der Waals surface area contributed by atoms with Crippen molar-refractivity contribution in [1.82, 2.24) is 4.90 Å². The fraction of sp³-hybridized carbons (Fsp3) is 0.917. The maximum atomic E-state index is 11.9. The highest BCUT2D eigenvalue weighted by Crippen LogP contribution is 2.31. The van der Waals surface area contributed by atoms with Crippen LogP contribution in [0.4, 0.5) is 0 Å². The third-order valence-corrected chi connectivity index (χ3v) is 3.72. The molecule has 1 saturated heterocycles. The zero-order valence-electron chi connectivity index (χ0n) is 9.37. The summed E-state index contributed by atoms with van der Waals surface area (Å²) in [7, 11) is 0. The predicted octanol–water partition coefficient (Wildman–Crippen LogP) is 1.69. The first-order valence-electron chi connectivity index (χ1n) is 6.20. The van der Waals surface area contributed by atoms with E-state index >= 15 is 0 Å². The van der Waals surface area contributed by atoms with Crippen molar-refractivity contribution in [2.45, 2.75) is 57.0 Å². The van der Waals surface area contributed by atoms with Crippen molar-refractivity contribution in [2.24, 2.45) is 0 Å². The molecule has 2 rings (SSSR count). The molecule has 0 aromatic carbocycles. The van der Waals surface area contributed by atoms with Crippen LogP contribution in [0.15, 0.2) is 0 Å². The molecule has 1 N–H and O–H groups in total. The van der Waals surface area contributed by atoms with Crippen LogP contribution >= 0.6 is 0 Å². The van der Waals surface area contributed by atoms with Crippen LogP contribution in [-0.2, 0) is 4.79 Å². The first kappa shape index (κ1) is 10.9. The van der Waals surface area contributed by atoms with Crippen LogP contribution < -0.4 is 0 Å². The van der Waals surface area contributed by atoms with Crippen molar-refractivity contribution in [3.63, 3.8) is 0 Å². The lowest BCUT2D eigenvalue weighted by atomic mass is 9.82. The van der Waals surface area contributed by atoms with Crippen molar-refractivity contribution in [1.29, 1.82) is 0 Å². The van der Waals surface area contributed by atoms with E-state index < -0.39 is 5.60 Å². The summed E-state index contributed by atoms with van der Waals surface area (Å²) in [5.74, 6) is 0.164. The van der Waals surface area contributed by atoms with Gasteiger partial charge in [-0.05, 0) is 25.7 Å². The molecular weight excluding hydrogens is 190 g/mol. The minimum Gasteiger partial charge on any atom is -0.389 e. The Kier molecular flexibility index (Phi) is 3.29. The van der Waals surface area contributed by atoms with E-state index in [-0.39, 0.29) is 5.91 Å². The quantitative estimate of drug-likeness (QED) is 0.755. The molecule has 0 atom stereocenters. The molecule has 1 aliphatic heterocycles.